The Kier molecular flexibility index (Phi) is 3.41. The average Bonchev–Trinajstić information content (AvgIpc) is 2.53. The van der Waals surface area contributed by atoms with E-state index in [2.05, 4.69) is 21.0 Å². The number of rotatable bonds is 3. The molecule has 3 heterocycles. The molecule has 2 bridgehead atoms. The van der Waals surface area contributed by atoms with E-state index in [-0.39, 0.29) is 0 Å². The summed E-state index contributed by atoms with van der Waals surface area (Å²) < 4.78 is 0. The van der Waals surface area contributed by atoms with Gasteiger partial charge >= 0.3 is 0 Å². The first-order chi connectivity index (χ1) is 6.90. The fourth-order valence-corrected chi connectivity index (χ4v) is 2.46. The summed E-state index contributed by atoms with van der Waals surface area (Å²) in [6, 6.07) is 0.680. The number of hydrogen-bond acceptors (Lipinski definition) is 3. The van der Waals surface area contributed by atoms with E-state index in [1.54, 1.807) is 0 Å². The van der Waals surface area contributed by atoms with Crippen molar-refractivity contribution in [3.63, 3.8) is 0 Å². The largest absolute Gasteiger partial charge is 0.305 e. The minimum atomic E-state index is 0.680. The molecule has 3 rings (SSSR count). The Morgan fingerprint density at radius 3 is 3.07 bits per heavy atom. The van der Waals surface area contributed by atoms with Crippen LogP contribution < -0.4 is 5.32 Å². The van der Waals surface area contributed by atoms with E-state index in [1.807, 2.05) is 0 Å². The van der Waals surface area contributed by atoms with Crippen LogP contribution in [-0.2, 0) is 0 Å². The SMILES string of the molecule is C#CCNCC1CN2CCCN1CC2. The van der Waals surface area contributed by atoms with Crippen LogP contribution in [0.25, 0.3) is 0 Å². The molecule has 3 aliphatic heterocycles. The molecule has 3 saturated heterocycles. The van der Waals surface area contributed by atoms with Crippen LogP contribution in [0.5, 0.6) is 0 Å². The van der Waals surface area contributed by atoms with Crippen molar-refractivity contribution in [3.8, 4) is 12.3 Å². The summed E-state index contributed by atoms with van der Waals surface area (Å²) in [4.78, 5) is 5.18. The zero-order valence-corrected chi connectivity index (χ0v) is 8.71. The molecule has 0 aromatic carbocycles. The smallest absolute Gasteiger partial charge is 0.0574 e. The molecule has 3 nitrogen and oxygen atoms in total. The standard InChI is InChI=1S/C11H19N3/c1-2-4-12-9-11-10-13-5-3-6-14(11)8-7-13/h1,11-12H,3-10H2. The molecular weight excluding hydrogens is 174 g/mol. The molecule has 3 unspecified atom stereocenters. The van der Waals surface area contributed by atoms with Crippen molar-refractivity contribution < 1.29 is 0 Å². The molecule has 0 radical (unpaired) electrons. The molecule has 3 aliphatic rings. The van der Waals surface area contributed by atoms with E-state index in [1.165, 1.54) is 39.1 Å². The summed E-state index contributed by atoms with van der Waals surface area (Å²) >= 11 is 0. The molecule has 0 spiro atoms. The molecule has 0 aromatic heterocycles. The molecular formula is C11H19N3. The molecule has 78 valence electrons. The third-order valence-electron chi connectivity index (χ3n) is 3.22. The van der Waals surface area contributed by atoms with Crippen molar-refractivity contribution in [2.45, 2.75) is 12.5 Å². The fraction of sp³-hybridized carbons (Fsp3) is 0.818. The average molecular weight is 193 g/mol. The number of nitrogens with one attached hydrogen (secondary N) is 1. The Hall–Kier alpha value is -0.560. The minimum Gasteiger partial charge on any atom is -0.305 e. The molecule has 14 heavy (non-hydrogen) atoms. The highest BCUT2D eigenvalue weighted by Crippen LogP contribution is 2.14. The summed E-state index contributed by atoms with van der Waals surface area (Å²) in [5.41, 5.74) is 0. The predicted molar refractivity (Wildman–Crippen MR) is 58.1 cm³/mol. The van der Waals surface area contributed by atoms with Crippen molar-refractivity contribution in [2.24, 2.45) is 0 Å². The van der Waals surface area contributed by atoms with Crippen molar-refractivity contribution in [3.05, 3.63) is 0 Å². The highest BCUT2D eigenvalue weighted by atomic mass is 15.3. The second-order valence-corrected chi connectivity index (χ2v) is 4.18. The Labute approximate surface area is 86.4 Å². The van der Waals surface area contributed by atoms with E-state index in [0.717, 1.165) is 6.54 Å². The molecule has 1 N–H and O–H groups in total. The Balaban J connectivity index is 1.83. The van der Waals surface area contributed by atoms with Crippen LogP contribution in [0.3, 0.4) is 0 Å². The summed E-state index contributed by atoms with van der Waals surface area (Å²) in [6.07, 6.45) is 6.54. The van der Waals surface area contributed by atoms with Crippen LogP contribution in [0.1, 0.15) is 6.42 Å². The molecule has 0 aliphatic carbocycles. The number of fused-ring (bicyclic) bond motifs is 4. The third kappa shape index (κ3) is 2.27. The van der Waals surface area contributed by atoms with Crippen molar-refractivity contribution in [1.29, 1.82) is 0 Å². The van der Waals surface area contributed by atoms with E-state index < -0.39 is 0 Å². The monoisotopic (exact) mass is 193 g/mol. The Morgan fingerprint density at radius 1 is 1.29 bits per heavy atom. The highest BCUT2D eigenvalue weighted by molar-refractivity contribution is 4.90. The van der Waals surface area contributed by atoms with Gasteiger partial charge in [0.2, 0.25) is 0 Å². The van der Waals surface area contributed by atoms with Gasteiger partial charge in [0, 0.05) is 32.2 Å². The van der Waals surface area contributed by atoms with Crippen LogP contribution in [0.15, 0.2) is 0 Å². The zero-order valence-electron chi connectivity index (χ0n) is 8.71. The molecule has 0 aromatic rings. The summed E-state index contributed by atoms with van der Waals surface area (Å²) in [7, 11) is 0. The first-order valence-electron chi connectivity index (χ1n) is 5.51. The van der Waals surface area contributed by atoms with Gasteiger partial charge in [0.15, 0.2) is 0 Å². The van der Waals surface area contributed by atoms with Crippen LogP contribution in [0.2, 0.25) is 0 Å². The predicted octanol–water partition coefficient (Wildman–Crippen LogP) is -0.401. The number of nitrogens with zero attached hydrogens (tertiary/aromatic N) is 2. The number of terminal acetylenes is 1. The van der Waals surface area contributed by atoms with Crippen molar-refractivity contribution in [2.75, 3.05) is 45.8 Å². The maximum Gasteiger partial charge on any atom is 0.0574 e. The quantitative estimate of drug-likeness (QED) is 0.486. The second kappa shape index (κ2) is 4.79. The molecule has 0 amide bonds. The maximum atomic E-state index is 5.21. The normalized spacial score (nSPS) is 36.4. The van der Waals surface area contributed by atoms with E-state index in [4.69, 9.17) is 6.42 Å². The van der Waals surface area contributed by atoms with Gasteiger partial charge in [-0.15, -0.1) is 6.42 Å². The second-order valence-electron chi connectivity index (χ2n) is 4.18. The topological polar surface area (TPSA) is 18.5 Å². The maximum absolute atomic E-state index is 5.21. The molecule has 3 heteroatoms. The summed E-state index contributed by atoms with van der Waals surface area (Å²) in [5, 5.41) is 3.31. The molecule has 3 fully saturated rings. The lowest BCUT2D eigenvalue weighted by Crippen LogP contribution is -2.53. The van der Waals surface area contributed by atoms with Crippen LogP contribution in [0, 0.1) is 12.3 Å². The minimum absolute atomic E-state index is 0.680. The first-order valence-corrected chi connectivity index (χ1v) is 5.51. The lowest BCUT2D eigenvalue weighted by Gasteiger charge is -2.37. The highest BCUT2D eigenvalue weighted by Gasteiger charge is 2.28. The van der Waals surface area contributed by atoms with Crippen molar-refractivity contribution in [1.82, 2.24) is 15.1 Å². The first kappa shape index (κ1) is 9.97. The van der Waals surface area contributed by atoms with E-state index in [9.17, 15) is 0 Å². The summed E-state index contributed by atoms with van der Waals surface area (Å²) in [6.45, 7) is 8.00. The summed E-state index contributed by atoms with van der Waals surface area (Å²) in [5.74, 6) is 2.62. The third-order valence-corrected chi connectivity index (χ3v) is 3.22. The van der Waals surface area contributed by atoms with Gasteiger partial charge in [0.05, 0.1) is 6.54 Å². The van der Waals surface area contributed by atoms with Gasteiger partial charge in [-0.05, 0) is 19.5 Å². The van der Waals surface area contributed by atoms with Crippen LogP contribution >= 0.6 is 0 Å². The van der Waals surface area contributed by atoms with Crippen LogP contribution in [0.4, 0.5) is 0 Å². The van der Waals surface area contributed by atoms with Gasteiger partial charge in [0.25, 0.3) is 0 Å². The number of piperazine rings is 1. The van der Waals surface area contributed by atoms with Gasteiger partial charge in [-0.3, -0.25) is 4.90 Å². The van der Waals surface area contributed by atoms with Gasteiger partial charge < -0.3 is 10.2 Å². The van der Waals surface area contributed by atoms with Crippen LogP contribution in [-0.4, -0.2) is 61.7 Å². The lowest BCUT2D eigenvalue weighted by atomic mass is 10.2. The van der Waals surface area contributed by atoms with Gasteiger partial charge in [0.1, 0.15) is 0 Å². The Morgan fingerprint density at radius 2 is 2.21 bits per heavy atom. The fourth-order valence-electron chi connectivity index (χ4n) is 2.46. The molecule has 0 saturated carbocycles. The Bertz CT molecular complexity index is 217. The van der Waals surface area contributed by atoms with Crippen molar-refractivity contribution >= 4 is 0 Å². The molecule has 3 atom stereocenters. The van der Waals surface area contributed by atoms with Gasteiger partial charge in [-0.2, -0.15) is 0 Å². The van der Waals surface area contributed by atoms with Gasteiger partial charge in [-0.25, -0.2) is 0 Å². The van der Waals surface area contributed by atoms with E-state index in [0.29, 0.717) is 12.6 Å². The zero-order chi connectivity index (χ0) is 9.80. The number of hydrogen-bond donors (Lipinski definition) is 1. The van der Waals surface area contributed by atoms with E-state index >= 15 is 0 Å². The van der Waals surface area contributed by atoms with Gasteiger partial charge in [-0.1, -0.05) is 5.92 Å². The lowest BCUT2D eigenvalue weighted by molar-refractivity contribution is 0.114.